The maximum Gasteiger partial charge on any atom is 0.246 e. The molecule has 1 aromatic rings. The van der Waals surface area contributed by atoms with Crippen molar-refractivity contribution in [2.45, 2.75) is 44.2 Å². The van der Waals surface area contributed by atoms with E-state index >= 15 is 0 Å². The molecule has 21 heavy (non-hydrogen) atoms. The van der Waals surface area contributed by atoms with Crippen molar-refractivity contribution in [3.63, 3.8) is 0 Å². The molecule has 4 nitrogen and oxygen atoms in total. The topological polar surface area (TPSA) is 49.4 Å². The fourth-order valence-corrected chi connectivity index (χ4v) is 3.91. The van der Waals surface area contributed by atoms with Crippen molar-refractivity contribution in [2.75, 3.05) is 6.54 Å². The number of rotatable bonds is 2. The third-order valence-corrected chi connectivity index (χ3v) is 5.04. The number of benzene rings is 1. The number of carbonyl (C=O) groups excluding carboxylic acids is 2. The maximum atomic E-state index is 12.5. The minimum absolute atomic E-state index is 0.0245. The highest BCUT2D eigenvalue weighted by atomic mass is 79.9. The van der Waals surface area contributed by atoms with Crippen LogP contribution in [0.2, 0.25) is 0 Å². The van der Waals surface area contributed by atoms with Gasteiger partial charge in [0.1, 0.15) is 5.54 Å². The van der Waals surface area contributed by atoms with Gasteiger partial charge in [0, 0.05) is 11.0 Å². The van der Waals surface area contributed by atoms with E-state index in [-0.39, 0.29) is 18.4 Å². The molecule has 0 bridgehead atoms. The fourth-order valence-electron chi connectivity index (χ4n) is 3.47. The summed E-state index contributed by atoms with van der Waals surface area (Å²) < 4.78 is 0.992. The summed E-state index contributed by atoms with van der Waals surface area (Å²) in [6.45, 7) is 0.625. The maximum absolute atomic E-state index is 12.5. The lowest BCUT2D eigenvalue weighted by molar-refractivity contribution is -0.157. The average Bonchev–Trinajstić information content (AvgIpc) is 2.49. The first-order valence-electron chi connectivity index (χ1n) is 7.45. The summed E-state index contributed by atoms with van der Waals surface area (Å²) >= 11 is 3.46. The Labute approximate surface area is 133 Å². The van der Waals surface area contributed by atoms with Gasteiger partial charge in [0.25, 0.3) is 0 Å². The van der Waals surface area contributed by atoms with Crippen molar-refractivity contribution >= 4 is 27.7 Å². The van der Waals surface area contributed by atoms with Crippen LogP contribution in [0.3, 0.4) is 0 Å². The summed E-state index contributed by atoms with van der Waals surface area (Å²) in [5, 5.41) is 2.78. The molecule has 0 atom stereocenters. The van der Waals surface area contributed by atoms with Gasteiger partial charge in [-0.2, -0.15) is 0 Å². The highest BCUT2D eigenvalue weighted by Crippen LogP contribution is 2.36. The van der Waals surface area contributed by atoms with Gasteiger partial charge < -0.3 is 10.2 Å². The third kappa shape index (κ3) is 2.71. The average molecular weight is 351 g/mol. The van der Waals surface area contributed by atoms with E-state index in [1.165, 1.54) is 0 Å². The summed E-state index contributed by atoms with van der Waals surface area (Å²) in [5.41, 5.74) is 0.424. The second-order valence-electron chi connectivity index (χ2n) is 5.88. The van der Waals surface area contributed by atoms with E-state index in [1.807, 2.05) is 29.2 Å². The summed E-state index contributed by atoms with van der Waals surface area (Å²) in [6.07, 6.45) is 4.72. The SMILES string of the molecule is O=C1CNC(=O)C2(CCCCC2)N1Cc1cccc(Br)c1. The van der Waals surface area contributed by atoms with Gasteiger partial charge in [-0.1, -0.05) is 47.3 Å². The molecule has 2 fully saturated rings. The number of nitrogens with zero attached hydrogens (tertiary/aromatic N) is 1. The molecule has 0 radical (unpaired) electrons. The van der Waals surface area contributed by atoms with Crippen LogP contribution < -0.4 is 5.32 Å². The minimum Gasteiger partial charge on any atom is -0.345 e. The zero-order chi connectivity index (χ0) is 14.9. The van der Waals surface area contributed by atoms with Crippen molar-refractivity contribution in [1.82, 2.24) is 10.2 Å². The van der Waals surface area contributed by atoms with Crippen LogP contribution in [0.25, 0.3) is 0 Å². The van der Waals surface area contributed by atoms with Crippen LogP contribution in [-0.4, -0.2) is 28.8 Å². The molecule has 1 saturated carbocycles. The van der Waals surface area contributed by atoms with Gasteiger partial charge in [0.15, 0.2) is 0 Å². The fraction of sp³-hybridized carbons (Fsp3) is 0.500. The molecule has 1 aliphatic carbocycles. The highest BCUT2D eigenvalue weighted by Gasteiger charge is 2.49. The van der Waals surface area contributed by atoms with Crippen LogP contribution in [0.15, 0.2) is 28.7 Å². The zero-order valence-corrected chi connectivity index (χ0v) is 13.5. The summed E-state index contributed by atoms with van der Waals surface area (Å²) in [5.74, 6) is 0.0493. The van der Waals surface area contributed by atoms with Crippen LogP contribution >= 0.6 is 15.9 Å². The van der Waals surface area contributed by atoms with E-state index in [0.717, 1.165) is 42.1 Å². The van der Waals surface area contributed by atoms with Gasteiger partial charge in [-0.05, 0) is 30.5 Å². The summed E-state index contributed by atoms with van der Waals surface area (Å²) in [7, 11) is 0. The minimum atomic E-state index is -0.629. The molecule has 1 N–H and O–H groups in total. The van der Waals surface area contributed by atoms with Gasteiger partial charge in [-0.25, -0.2) is 0 Å². The first-order chi connectivity index (χ1) is 10.1. The number of piperazine rings is 1. The third-order valence-electron chi connectivity index (χ3n) is 4.55. The Balaban J connectivity index is 1.91. The van der Waals surface area contributed by atoms with E-state index in [4.69, 9.17) is 0 Å². The summed E-state index contributed by atoms with van der Waals surface area (Å²) in [4.78, 5) is 26.7. The number of nitrogens with one attached hydrogen (secondary N) is 1. The number of amides is 2. The molecule has 2 amide bonds. The molecule has 1 aliphatic heterocycles. The molecule has 1 saturated heterocycles. The van der Waals surface area contributed by atoms with E-state index < -0.39 is 5.54 Å². The van der Waals surface area contributed by atoms with Crippen molar-refractivity contribution < 1.29 is 9.59 Å². The monoisotopic (exact) mass is 350 g/mol. The highest BCUT2D eigenvalue weighted by molar-refractivity contribution is 9.10. The van der Waals surface area contributed by atoms with Gasteiger partial charge in [0.05, 0.1) is 6.54 Å². The van der Waals surface area contributed by atoms with Gasteiger partial charge >= 0.3 is 0 Å². The Hall–Kier alpha value is -1.36. The smallest absolute Gasteiger partial charge is 0.246 e. The Kier molecular flexibility index (Phi) is 4.02. The Bertz CT molecular complexity index is 567. The second kappa shape index (κ2) is 5.79. The van der Waals surface area contributed by atoms with E-state index in [2.05, 4.69) is 21.2 Å². The zero-order valence-electron chi connectivity index (χ0n) is 11.9. The van der Waals surface area contributed by atoms with Crippen molar-refractivity contribution in [3.8, 4) is 0 Å². The predicted molar refractivity (Wildman–Crippen MR) is 83.5 cm³/mol. The Morgan fingerprint density at radius 1 is 1.19 bits per heavy atom. The molecule has 5 heteroatoms. The van der Waals surface area contributed by atoms with Gasteiger partial charge in [-0.15, -0.1) is 0 Å². The largest absolute Gasteiger partial charge is 0.345 e. The van der Waals surface area contributed by atoms with E-state index in [9.17, 15) is 9.59 Å². The lowest BCUT2D eigenvalue weighted by Crippen LogP contribution is -2.67. The van der Waals surface area contributed by atoms with Crippen LogP contribution in [0.4, 0.5) is 0 Å². The van der Waals surface area contributed by atoms with Crippen LogP contribution in [0.1, 0.15) is 37.7 Å². The van der Waals surface area contributed by atoms with Crippen molar-refractivity contribution in [3.05, 3.63) is 34.3 Å². The number of halogens is 1. The van der Waals surface area contributed by atoms with Crippen LogP contribution in [0, 0.1) is 0 Å². The standard InChI is InChI=1S/C16H19BrN2O2/c17-13-6-4-5-12(9-13)11-19-14(20)10-18-15(21)16(19)7-2-1-3-8-16/h4-6,9H,1-3,7-8,10-11H2,(H,18,21). The number of hydrogen-bond acceptors (Lipinski definition) is 2. The lowest BCUT2D eigenvalue weighted by Gasteiger charge is -2.48. The van der Waals surface area contributed by atoms with Gasteiger partial charge in [0.2, 0.25) is 11.8 Å². The molecule has 1 heterocycles. The quantitative estimate of drug-likeness (QED) is 0.891. The second-order valence-corrected chi connectivity index (χ2v) is 6.80. The Morgan fingerprint density at radius 3 is 2.67 bits per heavy atom. The number of carbonyl (C=O) groups is 2. The molecular weight excluding hydrogens is 332 g/mol. The van der Waals surface area contributed by atoms with Gasteiger partial charge in [-0.3, -0.25) is 9.59 Å². The lowest BCUT2D eigenvalue weighted by atomic mass is 9.78. The molecule has 1 aromatic carbocycles. The molecular formula is C16H19BrN2O2. The van der Waals surface area contributed by atoms with Crippen LogP contribution in [-0.2, 0) is 16.1 Å². The van der Waals surface area contributed by atoms with Crippen LogP contribution in [0.5, 0.6) is 0 Å². The normalized spacial score (nSPS) is 21.5. The van der Waals surface area contributed by atoms with E-state index in [1.54, 1.807) is 0 Å². The summed E-state index contributed by atoms with van der Waals surface area (Å²) in [6, 6.07) is 7.93. The Morgan fingerprint density at radius 2 is 1.95 bits per heavy atom. The first kappa shape index (κ1) is 14.6. The number of hydrogen-bond donors (Lipinski definition) is 1. The molecule has 1 spiro atoms. The van der Waals surface area contributed by atoms with Crippen molar-refractivity contribution in [1.29, 1.82) is 0 Å². The van der Waals surface area contributed by atoms with E-state index in [0.29, 0.717) is 6.54 Å². The van der Waals surface area contributed by atoms with Crippen molar-refractivity contribution in [2.24, 2.45) is 0 Å². The molecule has 3 rings (SSSR count). The first-order valence-corrected chi connectivity index (χ1v) is 8.24. The molecule has 0 aromatic heterocycles. The molecule has 2 aliphatic rings. The predicted octanol–water partition coefficient (Wildman–Crippen LogP) is 2.61. The molecule has 112 valence electrons. The molecule has 0 unspecified atom stereocenters.